The number of rotatable bonds is 9. The van der Waals surface area contributed by atoms with Crippen LogP contribution in [0.15, 0.2) is 72.8 Å². The second-order valence-electron chi connectivity index (χ2n) is 7.45. The second kappa shape index (κ2) is 14.2. The van der Waals surface area contributed by atoms with Crippen LogP contribution in [0.4, 0.5) is 0 Å². The van der Waals surface area contributed by atoms with Crippen LogP contribution in [0.2, 0.25) is 0 Å². The van der Waals surface area contributed by atoms with E-state index in [0.29, 0.717) is 22.6 Å². The van der Waals surface area contributed by atoms with Crippen molar-refractivity contribution < 1.29 is 23.8 Å². The van der Waals surface area contributed by atoms with Gasteiger partial charge in [-0.25, -0.2) is 4.79 Å². The summed E-state index contributed by atoms with van der Waals surface area (Å²) in [6.45, 7) is 4.16. The molecule has 6 heteroatoms. The van der Waals surface area contributed by atoms with E-state index in [1.165, 1.54) is 0 Å². The van der Waals surface area contributed by atoms with Gasteiger partial charge in [-0.05, 0) is 66.1 Å². The third-order valence-electron chi connectivity index (χ3n) is 5.11. The van der Waals surface area contributed by atoms with E-state index in [4.69, 9.17) is 19.5 Å². The molecule has 0 saturated carbocycles. The summed E-state index contributed by atoms with van der Waals surface area (Å²) in [7, 11) is 0. The number of nitrogens with zero attached hydrogens (tertiary/aromatic N) is 1. The second-order valence-corrected chi connectivity index (χ2v) is 7.45. The topological polar surface area (TPSA) is 85.6 Å². The smallest absolute Gasteiger partial charge is 0.343 e. The van der Waals surface area contributed by atoms with Crippen LogP contribution in [-0.4, -0.2) is 25.2 Å². The van der Waals surface area contributed by atoms with E-state index in [0.717, 1.165) is 17.5 Å². The maximum Gasteiger partial charge on any atom is 0.343 e. The summed E-state index contributed by atoms with van der Waals surface area (Å²) in [5.41, 5.74) is 2.92. The lowest BCUT2D eigenvalue weighted by Gasteiger charge is -2.10. The largest absolute Gasteiger partial charge is 0.490 e. The first-order valence-corrected chi connectivity index (χ1v) is 10.7. The van der Waals surface area contributed by atoms with Gasteiger partial charge in [-0.15, -0.1) is 0 Å². The third-order valence-corrected chi connectivity index (χ3v) is 5.11. The molecule has 3 aromatic rings. The van der Waals surface area contributed by atoms with E-state index < -0.39 is 5.97 Å². The number of hydrogen-bond donors (Lipinski definition) is 0. The number of esters is 2. The van der Waals surface area contributed by atoms with Gasteiger partial charge in [-0.2, -0.15) is 5.26 Å². The Hall–Kier alpha value is -4.11. The summed E-state index contributed by atoms with van der Waals surface area (Å²) < 4.78 is 16.1. The summed E-state index contributed by atoms with van der Waals surface area (Å²) >= 11 is 0. The van der Waals surface area contributed by atoms with Crippen molar-refractivity contribution >= 4 is 11.9 Å². The average Bonchev–Trinajstić information content (AvgIpc) is 2.86. The summed E-state index contributed by atoms with van der Waals surface area (Å²) in [5, 5.41) is 8.90. The monoisotopic (exact) mass is 475 g/mol. The van der Waals surface area contributed by atoms with E-state index in [1.807, 2.05) is 38.1 Å². The van der Waals surface area contributed by atoms with Gasteiger partial charge in [0.15, 0.2) is 0 Å². The molecular formula is C29H33NO5. The maximum atomic E-state index is 12.4. The van der Waals surface area contributed by atoms with E-state index in [2.05, 4.69) is 6.07 Å². The molecule has 3 rings (SSSR count). The molecule has 1 unspecified atom stereocenters. The molecule has 0 aromatic heterocycles. The molecule has 0 fully saturated rings. The summed E-state index contributed by atoms with van der Waals surface area (Å²) in [5.74, 6) is 0.167. The zero-order valence-corrected chi connectivity index (χ0v) is 18.6. The molecule has 0 aliphatic carbocycles. The zero-order valence-electron chi connectivity index (χ0n) is 18.6. The maximum absolute atomic E-state index is 12.4. The molecule has 3 aromatic carbocycles. The minimum atomic E-state index is -0.477. The first kappa shape index (κ1) is 28.9. The van der Waals surface area contributed by atoms with Crippen molar-refractivity contribution in [2.45, 2.75) is 35.1 Å². The van der Waals surface area contributed by atoms with Gasteiger partial charge in [0.1, 0.15) is 24.7 Å². The third kappa shape index (κ3) is 8.31. The van der Waals surface area contributed by atoms with Crippen LogP contribution < -0.4 is 9.47 Å². The predicted molar refractivity (Wildman–Crippen MR) is 137 cm³/mol. The highest BCUT2D eigenvalue weighted by Crippen LogP contribution is 2.23. The minimum absolute atomic E-state index is 0. The lowest BCUT2D eigenvalue weighted by Crippen LogP contribution is -2.17. The van der Waals surface area contributed by atoms with Crippen LogP contribution in [0, 0.1) is 17.2 Å². The van der Waals surface area contributed by atoms with Gasteiger partial charge >= 0.3 is 11.9 Å². The average molecular weight is 476 g/mol. The SMILES string of the molecule is C.C.CCC(C)C(=O)OCCOc1ccc(C(=O)Oc2ccc(-c3ccc(C#N)cc3)cc2)cc1. The first-order chi connectivity index (χ1) is 16.0. The van der Waals surface area contributed by atoms with Crippen LogP contribution in [0.25, 0.3) is 11.1 Å². The highest BCUT2D eigenvalue weighted by molar-refractivity contribution is 5.91. The van der Waals surface area contributed by atoms with Crippen LogP contribution >= 0.6 is 0 Å². The molecule has 0 spiro atoms. The number of ether oxygens (including phenoxy) is 3. The number of nitriles is 1. The van der Waals surface area contributed by atoms with Crippen molar-refractivity contribution in [3.05, 3.63) is 83.9 Å². The van der Waals surface area contributed by atoms with Crippen LogP contribution in [0.1, 0.15) is 51.0 Å². The first-order valence-electron chi connectivity index (χ1n) is 10.7. The highest BCUT2D eigenvalue weighted by atomic mass is 16.6. The number of hydrogen-bond acceptors (Lipinski definition) is 6. The molecule has 0 amide bonds. The Morgan fingerprint density at radius 1 is 0.829 bits per heavy atom. The molecule has 0 bridgehead atoms. The van der Waals surface area contributed by atoms with Crippen molar-refractivity contribution in [3.63, 3.8) is 0 Å². The zero-order chi connectivity index (χ0) is 23.6. The van der Waals surface area contributed by atoms with Gasteiger partial charge in [0, 0.05) is 0 Å². The molecule has 0 radical (unpaired) electrons. The van der Waals surface area contributed by atoms with Gasteiger partial charge in [-0.1, -0.05) is 53.0 Å². The van der Waals surface area contributed by atoms with Crippen molar-refractivity contribution in [2.75, 3.05) is 13.2 Å². The van der Waals surface area contributed by atoms with Crippen molar-refractivity contribution in [2.24, 2.45) is 5.92 Å². The van der Waals surface area contributed by atoms with Crippen molar-refractivity contribution in [3.8, 4) is 28.7 Å². The summed E-state index contributed by atoms with van der Waals surface area (Å²) in [6.07, 6.45) is 0.735. The Labute approximate surface area is 208 Å². The highest BCUT2D eigenvalue weighted by Gasteiger charge is 2.12. The molecule has 0 aliphatic rings. The standard InChI is InChI=1S/C27H25NO5.2CH4/c1-3-19(2)26(29)32-17-16-31-24-12-10-23(11-13-24)27(30)33-25-14-8-22(9-15-25)21-6-4-20(18-28)5-7-21;;/h4-15,19H,3,16-17H2,1-2H3;2*1H4. The molecule has 184 valence electrons. The van der Waals surface area contributed by atoms with Crippen LogP contribution in [0.3, 0.4) is 0 Å². The molecule has 0 saturated heterocycles. The molecule has 0 heterocycles. The summed E-state index contributed by atoms with van der Waals surface area (Å²) in [6, 6.07) is 23.1. The van der Waals surface area contributed by atoms with Crippen molar-refractivity contribution in [1.82, 2.24) is 0 Å². The fourth-order valence-corrected chi connectivity index (χ4v) is 2.92. The van der Waals surface area contributed by atoms with Gasteiger partial charge in [0.05, 0.1) is 23.1 Å². The van der Waals surface area contributed by atoms with E-state index in [9.17, 15) is 9.59 Å². The number of carbonyl (C=O) groups is 2. The Kier molecular flexibility index (Phi) is 11.7. The van der Waals surface area contributed by atoms with E-state index in [1.54, 1.807) is 48.5 Å². The quantitative estimate of drug-likeness (QED) is 0.195. The Bertz CT molecular complexity index is 1110. The fourth-order valence-electron chi connectivity index (χ4n) is 2.92. The van der Waals surface area contributed by atoms with Gasteiger partial charge in [-0.3, -0.25) is 4.79 Å². The van der Waals surface area contributed by atoms with E-state index in [-0.39, 0.29) is 40.0 Å². The number of benzene rings is 3. The van der Waals surface area contributed by atoms with Gasteiger partial charge in [0.2, 0.25) is 0 Å². The molecule has 6 nitrogen and oxygen atoms in total. The summed E-state index contributed by atoms with van der Waals surface area (Å²) in [4.78, 5) is 24.1. The van der Waals surface area contributed by atoms with Crippen LogP contribution in [-0.2, 0) is 9.53 Å². The lowest BCUT2D eigenvalue weighted by atomic mass is 10.0. The normalized spacial score (nSPS) is 10.5. The van der Waals surface area contributed by atoms with Gasteiger partial charge in [0.25, 0.3) is 0 Å². The lowest BCUT2D eigenvalue weighted by molar-refractivity contribution is -0.148. The Morgan fingerprint density at radius 3 is 1.91 bits per heavy atom. The van der Waals surface area contributed by atoms with Crippen LogP contribution in [0.5, 0.6) is 11.5 Å². The van der Waals surface area contributed by atoms with Gasteiger partial charge < -0.3 is 14.2 Å². The minimum Gasteiger partial charge on any atom is -0.490 e. The number of carbonyl (C=O) groups excluding carboxylic acids is 2. The molecular weight excluding hydrogens is 442 g/mol. The fraction of sp³-hybridized carbons (Fsp3) is 0.276. The van der Waals surface area contributed by atoms with E-state index >= 15 is 0 Å². The van der Waals surface area contributed by atoms with Crippen molar-refractivity contribution in [1.29, 1.82) is 5.26 Å². The Morgan fingerprint density at radius 2 is 1.37 bits per heavy atom. The Balaban J connectivity index is 0.00000306. The predicted octanol–water partition coefficient (Wildman–Crippen LogP) is 6.68. The molecule has 0 N–H and O–H groups in total. The molecule has 1 atom stereocenters. The molecule has 35 heavy (non-hydrogen) atoms. The molecule has 0 aliphatic heterocycles.